The van der Waals surface area contributed by atoms with Crippen molar-refractivity contribution in [2.75, 3.05) is 12.3 Å². The number of hydrogen-bond acceptors (Lipinski definition) is 5. The fourth-order valence-corrected chi connectivity index (χ4v) is 2.25. The van der Waals surface area contributed by atoms with Crippen LogP contribution in [0.1, 0.15) is 4.11 Å². The molecular formula is C7H6N4O2Se. The summed E-state index contributed by atoms with van der Waals surface area (Å²) in [6.45, 7) is -2.49. The van der Waals surface area contributed by atoms with Crippen LogP contribution in [-0.2, 0) is 0 Å². The van der Waals surface area contributed by atoms with E-state index in [4.69, 9.17) is 4.11 Å². The van der Waals surface area contributed by atoms with Gasteiger partial charge in [0.05, 0.1) is 0 Å². The van der Waals surface area contributed by atoms with Gasteiger partial charge in [0.2, 0.25) is 0 Å². The summed E-state index contributed by atoms with van der Waals surface area (Å²) in [6, 6.07) is 2.86. The summed E-state index contributed by atoms with van der Waals surface area (Å²) in [7, 11) is 0. The van der Waals surface area contributed by atoms with Gasteiger partial charge >= 0.3 is 88.9 Å². The van der Waals surface area contributed by atoms with Crippen molar-refractivity contribution in [1.82, 2.24) is 7.96 Å². The van der Waals surface area contributed by atoms with Crippen molar-refractivity contribution in [3.8, 4) is 0 Å². The van der Waals surface area contributed by atoms with Crippen molar-refractivity contribution in [3.05, 3.63) is 22.2 Å². The molecule has 0 saturated heterocycles. The molecule has 0 atom stereocenters. The van der Waals surface area contributed by atoms with Crippen LogP contribution in [-0.4, -0.2) is 34.8 Å². The van der Waals surface area contributed by atoms with E-state index in [0.29, 0.717) is 5.52 Å². The van der Waals surface area contributed by atoms with Gasteiger partial charge in [-0.15, -0.1) is 0 Å². The Bertz CT molecular complexity index is 582. The van der Waals surface area contributed by atoms with E-state index in [9.17, 15) is 10.1 Å². The van der Waals surface area contributed by atoms with Crippen LogP contribution in [0.2, 0.25) is 0 Å². The molecule has 2 rings (SSSR count). The number of fused-ring (bicyclic) bond motifs is 1. The van der Waals surface area contributed by atoms with Gasteiger partial charge in [0, 0.05) is 0 Å². The van der Waals surface area contributed by atoms with Crippen LogP contribution < -0.4 is 5.32 Å². The molecular weight excluding hydrogens is 251 g/mol. The summed E-state index contributed by atoms with van der Waals surface area (Å²) in [6.07, 6.45) is 0. The van der Waals surface area contributed by atoms with E-state index >= 15 is 0 Å². The van der Waals surface area contributed by atoms with Crippen molar-refractivity contribution >= 4 is 37.4 Å². The van der Waals surface area contributed by atoms with Gasteiger partial charge < -0.3 is 0 Å². The fraction of sp³-hybridized carbons (Fsp3) is 0.143. The molecule has 0 unspecified atom stereocenters. The van der Waals surface area contributed by atoms with Crippen LogP contribution in [0.15, 0.2) is 12.1 Å². The van der Waals surface area contributed by atoms with Gasteiger partial charge in [0.25, 0.3) is 0 Å². The minimum atomic E-state index is -2.49. The molecule has 0 amide bonds. The van der Waals surface area contributed by atoms with E-state index in [1.807, 2.05) is 0 Å². The van der Waals surface area contributed by atoms with Crippen molar-refractivity contribution < 1.29 is 9.04 Å². The molecule has 0 aliphatic heterocycles. The first-order chi connectivity index (χ1) is 7.88. The number of aromatic nitrogens is 2. The number of anilines is 1. The molecule has 1 heterocycles. The van der Waals surface area contributed by atoms with Crippen molar-refractivity contribution in [2.45, 2.75) is 0 Å². The molecule has 0 spiro atoms. The van der Waals surface area contributed by atoms with Crippen molar-refractivity contribution in [2.24, 2.45) is 0 Å². The first kappa shape index (κ1) is 6.10. The van der Waals surface area contributed by atoms with Crippen molar-refractivity contribution in [3.63, 3.8) is 0 Å². The van der Waals surface area contributed by atoms with Gasteiger partial charge in [-0.3, -0.25) is 0 Å². The Morgan fingerprint density at radius 2 is 2.50 bits per heavy atom. The van der Waals surface area contributed by atoms with E-state index in [1.54, 1.807) is 0 Å². The molecule has 72 valence electrons. The molecule has 1 aromatic carbocycles. The summed E-state index contributed by atoms with van der Waals surface area (Å²) < 4.78 is 29.1. The molecule has 0 fully saturated rings. The molecule has 7 heteroatoms. The summed E-state index contributed by atoms with van der Waals surface area (Å²) in [5, 5.41) is 13.1. The maximum atomic E-state index is 11.0. The molecule has 0 bridgehead atoms. The van der Waals surface area contributed by atoms with Gasteiger partial charge in [-0.1, -0.05) is 0 Å². The van der Waals surface area contributed by atoms with Gasteiger partial charge in [-0.2, -0.15) is 0 Å². The number of nitro benzene ring substituents is 1. The third kappa shape index (κ3) is 1.26. The van der Waals surface area contributed by atoms with E-state index in [0.717, 1.165) is 0 Å². The predicted molar refractivity (Wildman–Crippen MR) is 52.7 cm³/mol. The third-order valence-electron chi connectivity index (χ3n) is 1.72. The molecule has 0 saturated carbocycles. The predicted octanol–water partition coefficient (Wildman–Crippen LogP) is 0.637. The monoisotopic (exact) mass is 261 g/mol. The Morgan fingerprint density at radius 1 is 1.64 bits per heavy atom. The average molecular weight is 260 g/mol. The Kier molecular flexibility index (Phi) is 1.46. The zero-order valence-electron chi connectivity index (χ0n) is 9.72. The summed E-state index contributed by atoms with van der Waals surface area (Å²) in [4.78, 5) is 10.3. The number of nitro groups is 1. The number of nitrogens with zero attached hydrogens (tertiary/aromatic N) is 3. The first-order valence-electron chi connectivity index (χ1n) is 5.06. The van der Waals surface area contributed by atoms with E-state index < -0.39 is 26.9 Å². The van der Waals surface area contributed by atoms with Crippen LogP contribution in [0.5, 0.6) is 0 Å². The Morgan fingerprint density at radius 3 is 3.21 bits per heavy atom. The topological polar surface area (TPSA) is 81.0 Å². The Balaban J connectivity index is 2.62. The minimum absolute atomic E-state index is 0.0644. The molecule has 0 aliphatic carbocycles. The zero-order valence-corrected chi connectivity index (χ0v) is 8.43. The molecule has 0 aliphatic rings. The molecule has 0 radical (unpaired) electrons. The second kappa shape index (κ2) is 3.36. The van der Waals surface area contributed by atoms with Crippen LogP contribution in [0.4, 0.5) is 11.4 Å². The van der Waals surface area contributed by atoms with Gasteiger partial charge in [0.15, 0.2) is 0 Å². The third-order valence-corrected chi connectivity index (χ3v) is 2.86. The standard InChI is InChI=1S/C7H6N4O2Se/c1-8-5-3-2-4-6(10-14-9-4)7(5)11(12)13/h2-3,8H,1H3/i1D3. The number of nitrogens with one attached hydrogen (secondary N) is 1. The molecule has 2 aromatic rings. The molecule has 14 heavy (non-hydrogen) atoms. The SMILES string of the molecule is [2H]C([2H])([2H])Nc1ccc2n[se]nc2c1[N+](=O)[O-]. The van der Waals surface area contributed by atoms with Crippen molar-refractivity contribution in [1.29, 1.82) is 0 Å². The second-order valence-corrected chi connectivity index (χ2v) is 3.58. The number of benzene rings is 1. The van der Waals surface area contributed by atoms with E-state index in [1.165, 1.54) is 12.1 Å². The normalized spacial score (nSPS) is 14.4. The van der Waals surface area contributed by atoms with Gasteiger partial charge in [-0.25, -0.2) is 0 Å². The molecule has 6 nitrogen and oxygen atoms in total. The summed E-state index contributed by atoms with van der Waals surface area (Å²) >= 11 is -0.397. The Hall–Kier alpha value is -1.46. The van der Waals surface area contributed by atoms with Crippen LogP contribution >= 0.6 is 0 Å². The first-order valence-corrected chi connectivity index (χ1v) is 5.09. The number of hydrogen-bond donors (Lipinski definition) is 1. The fourth-order valence-electron chi connectivity index (χ4n) is 1.12. The molecule has 1 N–H and O–H groups in total. The van der Waals surface area contributed by atoms with Crippen LogP contribution in [0.25, 0.3) is 11.0 Å². The summed E-state index contributed by atoms with van der Waals surface area (Å²) in [5.74, 6) is 0. The quantitative estimate of drug-likeness (QED) is 0.486. The second-order valence-electron chi connectivity index (χ2n) is 2.48. The average Bonchev–Trinajstić information content (AvgIpc) is 2.61. The van der Waals surface area contributed by atoms with Gasteiger partial charge in [0.1, 0.15) is 0 Å². The zero-order chi connectivity index (χ0) is 12.6. The van der Waals surface area contributed by atoms with Crippen LogP contribution in [0, 0.1) is 10.1 Å². The summed E-state index contributed by atoms with van der Waals surface area (Å²) in [5.41, 5.74) is 0.198. The Labute approximate surface area is 89.5 Å². The number of rotatable bonds is 2. The molecule has 1 aromatic heterocycles. The van der Waals surface area contributed by atoms with E-state index in [-0.39, 0.29) is 16.9 Å². The maximum absolute atomic E-state index is 11.0. The van der Waals surface area contributed by atoms with Gasteiger partial charge in [-0.05, 0) is 0 Å². The van der Waals surface area contributed by atoms with Crippen LogP contribution in [0.3, 0.4) is 0 Å². The van der Waals surface area contributed by atoms with E-state index in [2.05, 4.69) is 13.3 Å².